The van der Waals surface area contributed by atoms with Crippen molar-refractivity contribution in [2.75, 3.05) is 25.5 Å². The van der Waals surface area contributed by atoms with Crippen LogP contribution in [0.4, 0.5) is 5.95 Å². The van der Waals surface area contributed by atoms with Crippen LogP contribution in [0.25, 0.3) is 0 Å². The number of ether oxygens (including phenoxy) is 1. The summed E-state index contributed by atoms with van der Waals surface area (Å²) in [6, 6.07) is 1.34. The maximum atomic E-state index is 12.2. The Balaban J connectivity index is 1.95. The first-order valence-corrected chi connectivity index (χ1v) is 6.63. The van der Waals surface area contributed by atoms with Crippen molar-refractivity contribution in [2.45, 2.75) is 32.2 Å². The summed E-state index contributed by atoms with van der Waals surface area (Å²) in [5, 5.41) is 3.02. The van der Waals surface area contributed by atoms with Crippen LogP contribution < -0.4 is 10.1 Å². The molecule has 1 aromatic rings. The van der Waals surface area contributed by atoms with E-state index < -0.39 is 0 Å². The first-order valence-electron chi connectivity index (χ1n) is 6.63. The van der Waals surface area contributed by atoms with Crippen molar-refractivity contribution in [2.24, 2.45) is 0 Å². The van der Waals surface area contributed by atoms with Crippen LogP contribution in [-0.2, 0) is 4.79 Å². The molecule has 0 bridgehead atoms. The third-order valence-corrected chi connectivity index (χ3v) is 3.22. The Morgan fingerprint density at radius 2 is 2.16 bits per heavy atom. The fraction of sp³-hybridized carbons (Fsp3) is 0.615. The molecule has 0 radical (unpaired) electrons. The summed E-state index contributed by atoms with van der Waals surface area (Å²) in [6.45, 7) is 3.54. The van der Waals surface area contributed by atoms with Gasteiger partial charge in [-0.25, -0.2) is 4.98 Å². The number of nitrogens with zero attached hydrogens (tertiary/aromatic N) is 3. The van der Waals surface area contributed by atoms with E-state index in [4.69, 9.17) is 4.74 Å². The van der Waals surface area contributed by atoms with E-state index in [1.807, 2.05) is 11.8 Å². The van der Waals surface area contributed by atoms with Crippen LogP contribution in [0.2, 0.25) is 0 Å². The number of rotatable bonds is 4. The summed E-state index contributed by atoms with van der Waals surface area (Å²) in [4.78, 5) is 22.4. The third kappa shape index (κ3) is 3.56. The molecule has 0 aromatic carbocycles. The normalized spacial score (nSPS) is 16.8. The SMILES string of the molecule is COc1ccnc(NC(C)C(=O)N2CCCCC2)n1. The molecule has 1 unspecified atom stereocenters. The highest BCUT2D eigenvalue weighted by Crippen LogP contribution is 2.12. The lowest BCUT2D eigenvalue weighted by Gasteiger charge is -2.29. The second-order valence-corrected chi connectivity index (χ2v) is 4.67. The summed E-state index contributed by atoms with van der Waals surface area (Å²) < 4.78 is 5.03. The van der Waals surface area contributed by atoms with Gasteiger partial charge in [-0.1, -0.05) is 0 Å². The maximum Gasteiger partial charge on any atom is 0.244 e. The number of hydrogen-bond acceptors (Lipinski definition) is 5. The maximum absolute atomic E-state index is 12.2. The molecule has 1 fully saturated rings. The molecule has 1 N–H and O–H groups in total. The first-order chi connectivity index (χ1) is 9.20. The monoisotopic (exact) mass is 264 g/mol. The lowest BCUT2D eigenvalue weighted by atomic mass is 10.1. The first kappa shape index (κ1) is 13.6. The second kappa shape index (κ2) is 6.36. The average Bonchev–Trinajstić information content (AvgIpc) is 2.47. The van der Waals surface area contributed by atoms with E-state index in [0.717, 1.165) is 25.9 Å². The molecule has 2 rings (SSSR count). The highest BCUT2D eigenvalue weighted by molar-refractivity contribution is 5.83. The fourth-order valence-electron chi connectivity index (χ4n) is 2.17. The van der Waals surface area contributed by atoms with Gasteiger partial charge in [0.15, 0.2) is 0 Å². The Bertz CT molecular complexity index is 432. The van der Waals surface area contributed by atoms with Crippen molar-refractivity contribution >= 4 is 11.9 Å². The predicted molar refractivity (Wildman–Crippen MR) is 72.1 cm³/mol. The smallest absolute Gasteiger partial charge is 0.244 e. The molecular formula is C13H20N4O2. The van der Waals surface area contributed by atoms with Crippen LogP contribution in [0.3, 0.4) is 0 Å². The van der Waals surface area contributed by atoms with Crippen molar-refractivity contribution in [3.63, 3.8) is 0 Å². The van der Waals surface area contributed by atoms with Crippen LogP contribution in [0.1, 0.15) is 26.2 Å². The zero-order valence-corrected chi connectivity index (χ0v) is 11.4. The van der Waals surface area contributed by atoms with Crippen LogP contribution in [0.5, 0.6) is 5.88 Å². The summed E-state index contributed by atoms with van der Waals surface area (Å²) >= 11 is 0. The number of piperidine rings is 1. The van der Waals surface area contributed by atoms with Crippen LogP contribution in [0.15, 0.2) is 12.3 Å². The second-order valence-electron chi connectivity index (χ2n) is 4.67. The summed E-state index contributed by atoms with van der Waals surface area (Å²) in [5.41, 5.74) is 0. The van der Waals surface area contributed by atoms with E-state index in [0.29, 0.717) is 11.8 Å². The molecule has 1 aliphatic rings. The fourth-order valence-corrected chi connectivity index (χ4v) is 2.17. The highest BCUT2D eigenvalue weighted by atomic mass is 16.5. The molecule has 1 amide bonds. The van der Waals surface area contributed by atoms with Crippen molar-refractivity contribution in [1.82, 2.24) is 14.9 Å². The molecule has 0 spiro atoms. The molecule has 1 saturated heterocycles. The number of amides is 1. The zero-order valence-electron chi connectivity index (χ0n) is 11.4. The number of aromatic nitrogens is 2. The predicted octanol–water partition coefficient (Wildman–Crippen LogP) is 1.30. The Labute approximate surface area is 113 Å². The largest absolute Gasteiger partial charge is 0.481 e. The Morgan fingerprint density at radius 1 is 1.42 bits per heavy atom. The van der Waals surface area contributed by atoms with Gasteiger partial charge in [0.1, 0.15) is 6.04 Å². The van der Waals surface area contributed by atoms with Gasteiger partial charge in [0.2, 0.25) is 17.7 Å². The number of carbonyl (C=O) groups is 1. The summed E-state index contributed by atoms with van der Waals surface area (Å²) in [7, 11) is 1.55. The number of hydrogen-bond donors (Lipinski definition) is 1. The van der Waals surface area contributed by atoms with E-state index in [1.165, 1.54) is 6.42 Å². The lowest BCUT2D eigenvalue weighted by Crippen LogP contribution is -2.44. The topological polar surface area (TPSA) is 67.3 Å². The van der Waals surface area contributed by atoms with E-state index >= 15 is 0 Å². The van der Waals surface area contributed by atoms with Gasteiger partial charge in [-0.05, 0) is 26.2 Å². The molecule has 0 saturated carbocycles. The van der Waals surface area contributed by atoms with Gasteiger partial charge < -0.3 is 15.0 Å². The van der Waals surface area contributed by atoms with Gasteiger partial charge in [-0.2, -0.15) is 4.98 Å². The quantitative estimate of drug-likeness (QED) is 0.887. The van der Waals surface area contributed by atoms with Gasteiger partial charge in [0.05, 0.1) is 7.11 Å². The molecular weight excluding hydrogens is 244 g/mol. The Morgan fingerprint density at radius 3 is 2.84 bits per heavy atom. The average molecular weight is 264 g/mol. The number of likely N-dealkylation sites (tertiary alicyclic amines) is 1. The molecule has 19 heavy (non-hydrogen) atoms. The Hall–Kier alpha value is -1.85. The van der Waals surface area contributed by atoms with Gasteiger partial charge in [-0.3, -0.25) is 4.79 Å². The molecule has 6 heteroatoms. The van der Waals surface area contributed by atoms with Crippen molar-refractivity contribution in [3.8, 4) is 5.88 Å². The van der Waals surface area contributed by atoms with E-state index in [1.54, 1.807) is 19.4 Å². The number of anilines is 1. The molecule has 6 nitrogen and oxygen atoms in total. The van der Waals surface area contributed by atoms with Gasteiger partial charge in [0.25, 0.3) is 0 Å². The Kier molecular flexibility index (Phi) is 4.54. The summed E-state index contributed by atoms with van der Waals surface area (Å²) in [6.07, 6.45) is 5.00. The standard InChI is InChI=1S/C13H20N4O2/c1-10(12(18)17-8-4-3-5-9-17)15-13-14-7-6-11(16-13)19-2/h6-7,10H,3-5,8-9H2,1-2H3,(H,14,15,16). The minimum atomic E-state index is -0.329. The van der Waals surface area contributed by atoms with Crippen LogP contribution in [-0.4, -0.2) is 47.0 Å². The van der Waals surface area contributed by atoms with Crippen molar-refractivity contribution < 1.29 is 9.53 Å². The molecule has 104 valence electrons. The van der Waals surface area contributed by atoms with Crippen LogP contribution >= 0.6 is 0 Å². The highest BCUT2D eigenvalue weighted by Gasteiger charge is 2.22. The number of methoxy groups -OCH3 is 1. The van der Waals surface area contributed by atoms with Gasteiger partial charge in [-0.15, -0.1) is 0 Å². The minimum absolute atomic E-state index is 0.103. The van der Waals surface area contributed by atoms with Crippen molar-refractivity contribution in [1.29, 1.82) is 0 Å². The number of carbonyl (C=O) groups excluding carboxylic acids is 1. The van der Waals surface area contributed by atoms with E-state index in [9.17, 15) is 4.79 Å². The van der Waals surface area contributed by atoms with Gasteiger partial charge >= 0.3 is 0 Å². The molecule has 2 heterocycles. The molecule has 0 aliphatic carbocycles. The van der Waals surface area contributed by atoms with Crippen LogP contribution in [0, 0.1) is 0 Å². The minimum Gasteiger partial charge on any atom is -0.481 e. The molecule has 1 aliphatic heterocycles. The summed E-state index contributed by atoms with van der Waals surface area (Å²) in [5.74, 6) is 0.999. The van der Waals surface area contributed by atoms with Gasteiger partial charge in [0, 0.05) is 25.4 Å². The third-order valence-electron chi connectivity index (χ3n) is 3.22. The number of nitrogens with one attached hydrogen (secondary N) is 1. The molecule has 1 atom stereocenters. The lowest BCUT2D eigenvalue weighted by molar-refractivity contribution is -0.132. The molecule has 1 aromatic heterocycles. The zero-order chi connectivity index (χ0) is 13.7. The van der Waals surface area contributed by atoms with Crippen molar-refractivity contribution in [3.05, 3.63) is 12.3 Å². The van der Waals surface area contributed by atoms with E-state index in [-0.39, 0.29) is 11.9 Å². The van der Waals surface area contributed by atoms with E-state index in [2.05, 4.69) is 15.3 Å².